The second-order valence-corrected chi connectivity index (χ2v) is 4.12. The van der Waals surface area contributed by atoms with E-state index in [0.717, 1.165) is 5.70 Å². The second-order valence-electron chi connectivity index (χ2n) is 4.12. The standard InChI is InChI=1S/C15H13N/c16-13-8-9-15-12(10-13)6-3-5-11-4-1-2-7-14(11)15/h1-10,12H,16H2. The first-order chi connectivity index (χ1) is 7.84. The molecule has 0 saturated carbocycles. The third-order valence-corrected chi connectivity index (χ3v) is 3.05. The van der Waals surface area contributed by atoms with Crippen molar-refractivity contribution in [1.82, 2.24) is 0 Å². The highest BCUT2D eigenvalue weighted by Crippen LogP contribution is 2.22. The first-order valence-corrected chi connectivity index (χ1v) is 5.48. The van der Waals surface area contributed by atoms with E-state index >= 15 is 0 Å². The maximum absolute atomic E-state index is 5.83. The smallest absolute Gasteiger partial charge is 0.0282 e. The summed E-state index contributed by atoms with van der Waals surface area (Å²) in [5.74, 6) is 0.310. The maximum Gasteiger partial charge on any atom is 0.0282 e. The van der Waals surface area contributed by atoms with E-state index in [0.29, 0.717) is 5.92 Å². The van der Waals surface area contributed by atoms with Crippen LogP contribution >= 0.6 is 0 Å². The SMILES string of the molecule is NC1=CC2C=CC=c3ccccc3=C2C=C1. The van der Waals surface area contributed by atoms with Crippen LogP contribution in [0.4, 0.5) is 0 Å². The molecule has 1 heteroatoms. The number of hydrogen-bond donors (Lipinski definition) is 1. The predicted molar refractivity (Wildman–Crippen MR) is 67.6 cm³/mol. The van der Waals surface area contributed by atoms with Crippen LogP contribution in [-0.2, 0) is 0 Å². The Morgan fingerprint density at radius 2 is 1.94 bits per heavy atom. The molecule has 0 heterocycles. The molecule has 0 fully saturated rings. The zero-order chi connectivity index (χ0) is 11.0. The zero-order valence-electron chi connectivity index (χ0n) is 8.93. The number of allylic oxidation sites excluding steroid dienone is 5. The molecular formula is C15H13N. The molecule has 1 unspecified atom stereocenters. The fourth-order valence-electron chi connectivity index (χ4n) is 2.26. The molecule has 2 aliphatic rings. The lowest BCUT2D eigenvalue weighted by Gasteiger charge is -2.14. The van der Waals surface area contributed by atoms with Crippen molar-refractivity contribution in [2.24, 2.45) is 11.7 Å². The number of nitrogens with two attached hydrogens (primary N) is 1. The molecule has 1 aromatic carbocycles. The van der Waals surface area contributed by atoms with Crippen LogP contribution in [0.1, 0.15) is 0 Å². The maximum atomic E-state index is 5.83. The first kappa shape index (κ1) is 9.22. The summed E-state index contributed by atoms with van der Waals surface area (Å²) in [7, 11) is 0. The van der Waals surface area contributed by atoms with Crippen molar-refractivity contribution in [3.63, 3.8) is 0 Å². The molecule has 2 N–H and O–H groups in total. The number of fused-ring (bicyclic) bond motifs is 2. The topological polar surface area (TPSA) is 26.0 Å². The number of hydrogen-bond acceptors (Lipinski definition) is 1. The van der Waals surface area contributed by atoms with Crippen molar-refractivity contribution < 1.29 is 0 Å². The lowest BCUT2D eigenvalue weighted by molar-refractivity contribution is 1.05. The Hall–Kier alpha value is -2.02. The van der Waals surface area contributed by atoms with Crippen molar-refractivity contribution in [3.05, 3.63) is 70.8 Å². The monoisotopic (exact) mass is 207 g/mol. The Morgan fingerprint density at radius 1 is 1.06 bits per heavy atom. The molecule has 0 saturated heterocycles. The Labute approximate surface area is 94.6 Å². The molecule has 1 nitrogen and oxygen atoms in total. The predicted octanol–water partition coefficient (Wildman–Crippen LogP) is 1.22. The summed E-state index contributed by atoms with van der Waals surface area (Å²) in [4.78, 5) is 0. The van der Waals surface area contributed by atoms with E-state index in [1.54, 1.807) is 0 Å². The third kappa shape index (κ3) is 1.41. The normalized spacial score (nSPS) is 21.6. The average Bonchev–Trinajstić information content (AvgIpc) is 2.47. The largest absolute Gasteiger partial charge is 0.399 e. The van der Waals surface area contributed by atoms with Gasteiger partial charge in [-0.3, -0.25) is 0 Å². The first-order valence-electron chi connectivity index (χ1n) is 5.48. The van der Waals surface area contributed by atoms with Crippen LogP contribution in [0.15, 0.2) is 60.3 Å². The highest BCUT2D eigenvalue weighted by atomic mass is 14.6. The van der Waals surface area contributed by atoms with Crippen LogP contribution in [0.5, 0.6) is 0 Å². The molecule has 0 radical (unpaired) electrons. The van der Waals surface area contributed by atoms with Crippen LogP contribution in [0, 0.1) is 5.92 Å². The molecular weight excluding hydrogens is 194 g/mol. The average molecular weight is 207 g/mol. The van der Waals surface area contributed by atoms with E-state index in [2.05, 4.69) is 54.6 Å². The minimum atomic E-state index is 0.310. The van der Waals surface area contributed by atoms with Gasteiger partial charge in [-0.2, -0.15) is 0 Å². The quantitative estimate of drug-likeness (QED) is 0.680. The van der Waals surface area contributed by atoms with E-state index in [9.17, 15) is 0 Å². The molecule has 16 heavy (non-hydrogen) atoms. The zero-order valence-corrected chi connectivity index (χ0v) is 8.93. The van der Waals surface area contributed by atoms with E-state index in [-0.39, 0.29) is 0 Å². The lowest BCUT2D eigenvalue weighted by atomic mass is 9.91. The minimum Gasteiger partial charge on any atom is -0.399 e. The summed E-state index contributed by atoms with van der Waals surface area (Å²) in [6, 6.07) is 8.46. The fraction of sp³-hybridized carbons (Fsp3) is 0.0667. The van der Waals surface area contributed by atoms with Gasteiger partial charge in [-0.25, -0.2) is 0 Å². The van der Waals surface area contributed by atoms with E-state index in [1.165, 1.54) is 16.0 Å². The number of benzene rings is 1. The minimum absolute atomic E-state index is 0.310. The highest BCUT2D eigenvalue weighted by Gasteiger charge is 2.12. The van der Waals surface area contributed by atoms with Gasteiger partial charge in [-0.05, 0) is 22.1 Å². The summed E-state index contributed by atoms with van der Waals surface area (Å²) in [5, 5.41) is 2.58. The molecule has 2 aliphatic carbocycles. The number of rotatable bonds is 0. The molecule has 0 amide bonds. The van der Waals surface area contributed by atoms with E-state index < -0.39 is 0 Å². The van der Waals surface area contributed by atoms with Crippen LogP contribution in [0.2, 0.25) is 0 Å². The molecule has 1 atom stereocenters. The summed E-state index contributed by atoms with van der Waals surface area (Å²) in [5.41, 5.74) is 8.00. The molecule has 78 valence electrons. The van der Waals surface area contributed by atoms with Gasteiger partial charge in [0.25, 0.3) is 0 Å². The second kappa shape index (κ2) is 3.53. The van der Waals surface area contributed by atoms with Crippen LogP contribution in [-0.4, -0.2) is 0 Å². The van der Waals surface area contributed by atoms with Crippen molar-refractivity contribution in [3.8, 4) is 0 Å². The molecule has 0 aromatic heterocycles. The Bertz CT molecular complexity index is 630. The van der Waals surface area contributed by atoms with Gasteiger partial charge >= 0.3 is 0 Å². The molecule has 1 aromatic rings. The van der Waals surface area contributed by atoms with Crippen molar-refractivity contribution >= 4 is 11.6 Å². The van der Waals surface area contributed by atoms with Gasteiger partial charge in [0, 0.05) is 11.6 Å². The highest BCUT2D eigenvalue weighted by molar-refractivity contribution is 5.68. The molecule has 3 rings (SSSR count). The van der Waals surface area contributed by atoms with Crippen molar-refractivity contribution in [2.45, 2.75) is 0 Å². The van der Waals surface area contributed by atoms with Crippen LogP contribution in [0.25, 0.3) is 11.6 Å². The Balaban J connectivity index is 2.37. The van der Waals surface area contributed by atoms with Crippen LogP contribution < -0.4 is 16.2 Å². The van der Waals surface area contributed by atoms with Gasteiger partial charge in [0.1, 0.15) is 0 Å². The van der Waals surface area contributed by atoms with Gasteiger partial charge in [0.15, 0.2) is 0 Å². The molecule has 0 aliphatic heterocycles. The van der Waals surface area contributed by atoms with Crippen molar-refractivity contribution in [1.29, 1.82) is 0 Å². The lowest BCUT2D eigenvalue weighted by Crippen LogP contribution is -2.27. The summed E-state index contributed by atoms with van der Waals surface area (Å²) in [6.45, 7) is 0. The third-order valence-electron chi connectivity index (χ3n) is 3.05. The Kier molecular flexibility index (Phi) is 2.03. The van der Waals surface area contributed by atoms with Crippen LogP contribution in [0.3, 0.4) is 0 Å². The van der Waals surface area contributed by atoms with E-state index in [1.807, 2.05) is 6.08 Å². The summed E-state index contributed by atoms with van der Waals surface area (Å²) >= 11 is 0. The Morgan fingerprint density at radius 3 is 2.88 bits per heavy atom. The van der Waals surface area contributed by atoms with E-state index in [4.69, 9.17) is 5.73 Å². The van der Waals surface area contributed by atoms with Gasteiger partial charge in [-0.1, -0.05) is 54.6 Å². The summed E-state index contributed by atoms with van der Waals surface area (Å²) < 4.78 is 0. The van der Waals surface area contributed by atoms with Gasteiger partial charge in [-0.15, -0.1) is 0 Å². The summed E-state index contributed by atoms with van der Waals surface area (Å²) in [6.07, 6.45) is 12.6. The van der Waals surface area contributed by atoms with Gasteiger partial charge in [0.2, 0.25) is 0 Å². The van der Waals surface area contributed by atoms with Gasteiger partial charge < -0.3 is 5.73 Å². The van der Waals surface area contributed by atoms with Crippen molar-refractivity contribution in [2.75, 3.05) is 0 Å². The molecule has 0 bridgehead atoms. The molecule has 0 spiro atoms. The fourth-order valence-corrected chi connectivity index (χ4v) is 2.26. The van der Waals surface area contributed by atoms with Gasteiger partial charge in [0.05, 0.1) is 0 Å².